The van der Waals surface area contributed by atoms with Gasteiger partial charge in [0.15, 0.2) is 0 Å². The van der Waals surface area contributed by atoms with E-state index in [1.807, 2.05) is 72.8 Å². The zero-order valence-electron chi connectivity index (χ0n) is 20.2. The maximum absolute atomic E-state index is 14.7. The molecule has 4 aromatic rings. The molecule has 3 nitrogen and oxygen atoms in total. The molecule has 0 N–H and O–H groups in total. The maximum Gasteiger partial charge on any atom is 0.310 e. The summed E-state index contributed by atoms with van der Waals surface area (Å²) in [6, 6.07) is 28.7. The number of halogens is 2. The van der Waals surface area contributed by atoms with Crippen LogP contribution < -0.4 is 0 Å². The molecular formula is C30H28F2O3S2. The van der Waals surface area contributed by atoms with Crippen molar-refractivity contribution in [1.29, 1.82) is 0 Å². The van der Waals surface area contributed by atoms with Crippen LogP contribution in [0.5, 0.6) is 0 Å². The summed E-state index contributed by atoms with van der Waals surface area (Å²) in [5.41, 5.74) is 1.23. The first-order chi connectivity index (χ1) is 17.9. The van der Waals surface area contributed by atoms with Gasteiger partial charge in [0.2, 0.25) is 0 Å². The van der Waals surface area contributed by atoms with Crippen LogP contribution in [0, 0.1) is 11.6 Å². The average Bonchev–Trinajstić information content (AvgIpc) is 2.93. The Morgan fingerprint density at radius 1 is 0.649 bits per heavy atom. The second-order valence-electron chi connectivity index (χ2n) is 9.18. The lowest BCUT2D eigenvalue weighted by Crippen LogP contribution is -2.16. The lowest BCUT2D eigenvalue weighted by atomic mass is 9.84. The van der Waals surface area contributed by atoms with Gasteiger partial charge in [-0.2, -0.15) is 8.42 Å². The van der Waals surface area contributed by atoms with Gasteiger partial charge in [0.25, 0.3) is 0 Å². The molecule has 0 atom stereocenters. The number of rotatable bonds is 7. The van der Waals surface area contributed by atoms with E-state index >= 15 is 0 Å². The summed E-state index contributed by atoms with van der Waals surface area (Å²) in [7, 11) is -7.51. The Kier molecular flexibility index (Phi) is 7.47. The third kappa shape index (κ3) is 5.21. The fraction of sp³-hybridized carbons (Fsp3) is 0.200. The van der Waals surface area contributed by atoms with Gasteiger partial charge in [-0.3, -0.25) is 0 Å². The largest absolute Gasteiger partial charge is 0.310 e. The van der Waals surface area contributed by atoms with E-state index < -0.39 is 37.0 Å². The van der Waals surface area contributed by atoms with Crippen LogP contribution >= 0.6 is 10.3 Å². The number of hydrogen-bond donors (Lipinski definition) is 0. The molecular weight excluding hydrogens is 510 g/mol. The van der Waals surface area contributed by atoms with Crippen LogP contribution in [0.15, 0.2) is 123 Å². The van der Waals surface area contributed by atoms with Crippen molar-refractivity contribution in [2.24, 2.45) is 0 Å². The molecule has 5 rings (SSSR count). The highest BCUT2D eigenvalue weighted by molar-refractivity contribution is 8.33. The molecule has 37 heavy (non-hydrogen) atoms. The zero-order chi connectivity index (χ0) is 25.9. The van der Waals surface area contributed by atoms with Crippen molar-refractivity contribution in [1.82, 2.24) is 0 Å². The predicted octanol–water partition coefficient (Wildman–Crippen LogP) is 8.61. The van der Waals surface area contributed by atoms with Gasteiger partial charge in [-0.25, -0.2) is 12.4 Å². The van der Waals surface area contributed by atoms with Crippen molar-refractivity contribution in [3.63, 3.8) is 0 Å². The Bertz CT molecular complexity index is 1410. The minimum atomic E-state index is -4.65. The SMILES string of the molecule is O=S(=O)(OS(c1ccccc1)(c1ccccc1)c1ccc(C2CCCCC2)cc1)c1ccc(F)cc1F. The monoisotopic (exact) mass is 538 g/mol. The Morgan fingerprint density at radius 3 is 1.73 bits per heavy atom. The fourth-order valence-electron chi connectivity index (χ4n) is 4.97. The molecule has 0 spiro atoms. The van der Waals surface area contributed by atoms with Gasteiger partial charge in [-0.15, -0.1) is 0 Å². The first-order valence-electron chi connectivity index (χ1n) is 12.3. The molecule has 0 aromatic heterocycles. The Morgan fingerprint density at radius 2 is 1.19 bits per heavy atom. The van der Waals surface area contributed by atoms with Gasteiger partial charge in [0, 0.05) is 20.8 Å². The predicted molar refractivity (Wildman–Crippen MR) is 142 cm³/mol. The highest BCUT2D eigenvalue weighted by Crippen LogP contribution is 2.70. The van der Waals surface area contributed by atoms with Crippen molar-refractivity contribution in [3.05, 3.63) is 120 Å². The molecule has 1 fully saturated rings. The smallest absolute Gasteiger partial charge is 0.207 e. The Hall–Kier alpha value is -3.00. The van der Waals surface area contributed by atoms with Gasteiger partial charge >= 0.3 is 10.1 Å². The second-order valence-corrected chi connectivity index (χ2v) is 13.6. The Labute approximate surface area is 218 Å². The van der Waals surface area contributed by atoms with Gasteiger partial charge in [-0.1, -0.05) is 67.8 Å². The zero-order valence-corrected chi connectivity index (χ0v) is 21.9. The summed E-state index contributed by atoms with van der Waals surface area (Å²) < 4.78 is 61.8. The number of hydrogen-bond acceptors (Lipinski definition) is 3. The Balaban J connectivity index is 1.70. The van der Waals surface area contributed by atoms with E-state index in [4.69, 9.17) is 3.63 Å². The average molecular weight is 539 g/mol. The third-order valence-corrected chi connectivity index (χ3v) is 12.0. The standard InChI is InChI=1S/C30H28F2O3S2/c31-25-18-21-30(29(32)22-25)37(33,34)35-36(26-12-6-2-7-13-26,27-14-8-3-9-15-27)28-19-16-24(17-20-28)23-10-4-1-5-11-23/h2-3,6-9,12-23H,1,4-5,10-11H2. The van der Waals surface area contributed by atoms with E-state index in [0.29, 0.717) is 26.7 Å². The van der Waals surface area contributed by atoms with Crippen LogP contribution in [0.2, 0.25) is 0 Å². The molecule has 0 amide bonds. The summed E-state index contributed by atoms with van der Waals surface area (Å²) in [5.74, 6) is -1.57. The first kappa shape index (κ1) is 25.6. The van der Waals surface area contributed by atoms with E-state index in [9.17, 15) is 17.2 Å². The van der Waals surface area contributed by atoms with E-state index in [0.717, 1.165) is 25.0 Å². The minimum absolute atomic E-state index is 0.485. The maximum atomic E-state index is 14.7. The summed E-state index contributed by atoms with van der Waals surface area (Å²) in [6.07, 6.45) is 5.96. The van der Waals surface area contributed by atoms with E-state index in [2.05, 4.69) is 12.1 Å². The summed E-state index contributed by atoms with van der Waals surface area (Å²) in [4.78, 5) is 1.28. The van der Waals surface area contributed by atoms with E-state index in [1.54, 1.807) is 0 Å². The summed E-state index contributed by atoms with van der Waals surface area (Å²) >= 11 is 0. The quantitative estimate of drug-likeness (QED) is 0.237. The second kappa shape index (κ2) is 10.8. The highest BCUT2D eigenvalue weighted by Gasteiger charge is 2.39. The third-order valence-electron chi connectivity index (χ3n) is 6.79. The molecule has 0 radical (unpaired) electrons. The van der Waals surface area contributed by atoms with Crippen molar-refractivity contribution in [2.45, 2.75) is 57.6 Å². The molecule has 0 heterocycles. The molecule has 0 saturated heterocycles. The summed E-state index contributed by atoms with van der Waals surface area (Å²) in [6.45, 7) is 0. The van der Waals surface area contributed by atoms with Crippen LogP contribution in [0.3, 0.4) is 0 Å². The van der Waals surface area contributed by atoms with E-state index in [1.165, 1.54) is 24.8 Å². The molecule has 4 aromatic carbocycles. The van der Waals surface area contributed by atoms with Crippen molar-refractivity contribution < 1.29 is 20.8 Å². The van der Waals surface area contributed by atoms with E-state index in [-0.39, 0.29) is 0 Å². The first-order valence-corrected chi connectivity index (χ1v) is 15.3. The van der Waals surface area contributed by atoms with Crippen LogP contribution in [-0.4, -0.2) is 8.42 Å². The lowest BCUT2D eigenvalue weighted by molar-refractivity contribution is 0.443. The van der Waals surface area contributed by atoms with Crippen molar-refractivity contribution >= 4 is 20.4 Å². The van der Waals surface area contributed by atoms with Crippen LogP contribution in [0.1, 0.15) is 43.6 Å². The molecule has 1 aliphatic carbocycles. The normalized spacial score (nSPS) is 15.4. The highest BCUT2D eigenvalue weighted by atomic mass is 32.3. The molecule has 7 heteroatoms. The van der Waals surface area contributed by atoms with Gasteiger partial charge < -0.3 is 0 Å². The molecule has 1 saturated carbocycles. The lowest BCUT2D eigenvalue weighted by Gasteiger charge is -2.39. The summed E-state index contributed by atoms with van der Waals surface area (Å²) in [5, 5.41) is 0. The minimum Gasteiger partial charge on any atom is -0.207 e. The fourth-order valence-corrected chi connectivity index (χ4v) is 10.2. The molecule has 0 bridgehead atoms. The molecule has 0 aliphatic heterocycles. The van der Waals surface area contributed by atoms with Gasteiger partial charge in [0.05, 0.1) is 0 Å². The topological polar surface area (TPSA) is 43.4 Å². The molecule has 1 aliphatic rings. The van der Waals surface area contributed by atoms with Crippen LogP contribution in [-0.2, 0) is 13.7 Å². The van der Waals surface area contributed by atoms with Gasteiger partial charge in [-0.05, 0) is 83.2 Å². The molecule has 0 unspecified atom stereocenters. The molecule has 192 valence electrons. The van der Waals surface area contributed by atoms with Crippen molar-refractivity contribution in [2.75, 3.05) is 0 Å². The number of benzene rings is 4. The van der Waals surface area contributed by atoms with Crippen LogP contribution in [0.4, 0.5) is 8.78 Å². The van der Waals surface area contributed by atoms with Crippen LogP contribution in [0.25, 0.3) is 0 Å². The van der Waals surface area contributed by atoms with Crippen molar-refractivity contribution in [3.8, 4) is 0 Å². The van der Waals surface area contributed by atoms with Gasteiger partial charge in [0.1, 0.15) is 16.5 Å².